The van der Waals surface area contributed by atoms with Gasteiger partial charge >= 0.3 is 0 Å². The van der Waals surface area contributed by atoms with Gasteiger partial charge in [0.15, 0.2) is 8.07 Å². The monoisotopic (exact) mass is 753 g/mol. The van der Waals surface area contributed by atoms with E-state index in [4.69, 9.17) is 15.0 Å². The van der Waals surface area contributed by atoms with Gasteiger partial charge in [-0.05, 0) is 74.7 Å². The molecule has 0 bridgehead atoms. The summed E-state index contributed by atoms with van der Waals surface area (Å²) in [6.07, 6.45) is -3.55. The van der Waals surface area contributed by atoms with E-state index in [-0.39, 0.29) is 5.56 Å². The van der Waals surface area contributed by atoms with Gasteiger partial charge in [0.2, 0.25) is 0 Å². The Bertz CT molecular complexity index is 2870. The van der Waals surface area contributed by atoms with Crippen molar-refractivity contribution in [2.24, 2.45) is 0 Å². The van der Waals surface area contributed by atoms with Crippen molar-refractivity contribution in [3.63, 3.8) is 0 Å². The van der Waals surface area contributed by atoms with Crippen molar-refractivity contribution < 1.29 is 19.1 Å². The van der Waals surface area contributed by atoms with Gasteiger partial charge < -0.3 is 9.47 Å². The van der Waals surface area contributed by atoms with Gasteiger partial charge in [-0.3, -0.25) is 0 Å². The molecule has 0 N–H and O–H groups in total. The topological polar surface area (TPSA) is 18.5 Å². The molecule has 0 saturated heterocycles. The summed E-state index contributed by atoms with van der Waals surface area (Å²) in [5.74, 6) is 2.37. The minimum Gasteiger partial charge on any atom is -0.457 e. The van der Waals surface area contributed by atoms with E-state index in [9.17, 15) is 4.11 Å². The van der Waals surface area contributed by atoms with Crippen LogP contribution in [-0.2, 0) is 23.6 Å². The maximum Gasteiger partial charge on any atom is 0.184 e. The van der Waals surface area contributed by atoms with Crippen LogP contribution in [0.3, 0.4) is 0 Å². The van der Waals surface area contributed by atoms with Crippen LogP contribution in [0.4, 0.5) is 0 Å². The molecule has 0 spiro atoms. The van der Waals surface area contributed by atoms with Crippen LogP contribution >= 0.6 is 0 Å². The predicted molar refractivity (Wildman–Crippen MR) is 236 cm³/mol. The maximum atomic E-state index is 9.27. The Morgan fingerprint density at radius 3 is 1.82 bits per heavy atom. The summed E-state index contributed by atoms with van der Waals surface area (Å²) in [6.45, 7) is 8.90. The van der Waals surface area contributed by atoms with E-state index in [0.29, 0.717) is 33.8 Å². The first-order chi connectivity index (χ1) is 29.7. The van der Waals surface area contributed by atoms with Crippen molar-refractivity contribution in [2.75, 3.05) is 0 Å². The van der Waals surface area contributed by atoms with Gasteiger partial charge in [-0.25, -0.2) is 0 Å². The molecule has 2 heterocycles. The molecule has 2 aliphatic rings. The normalized spacial score (nSPS) is 17.3. The van der Waals surface area contributed by atoms with Gasteiger partial charge in [-0.15, -0.1) is 0 Å². The van der Waals surface area contributed by atoms with Gasteiger partial charge in [0.05, 0.1) is 0 Å². The first kappa shape index (κ1) is 28.7. The maximum absolute atomic E-state index is 9.27. The second-order valence-electron chi connectivity index (χ2n) is 16.0. The lowest BCUT2D eigenvalue weighted by molar-refractivity contribution is 0.418. The Morgan fingerprint density at radius 2 is 1.14 bits per heavy atom. The van der Waals surface area contributed by atoms with Crippen LogP contribution in [0.2, 0.25) is 0 Å². The third-order valence-corrected chi connectivity index (χ3v) is 17.0. The second kappa shape index (κ2) is 13.5. The molecule has 0 aromatic heterocycles. The van der Waals surface area contributed by atoms with Crippen molar-refractivity contribution >= 4 is 28.8 Å². The third-order valence-electron chi connectivity index (χ3n) is 12.3. The van der Waals surface area contributed by atoms with Crippen molar-refractivity contribution in [1.82, 2.24) is 0 Å². The molecule has 0 aliphatic carbocycles. The van der Waals surface area contributed by atoms with Crippen molar-refractivity contribution in [3.05, 3.63) is 191 Å². The molecular formula is C53H50O2Si. The van der Waals surface area contributed by atoms with E-state index in [1.165, 1.54) is 13.8 Å². The molecule has 0 atom stereocenters. The molecule has 2 nitrogen and oxygen atoms in total. The van der Waals surface area contributed by atoms with Crippen LogP contribution in [0.25, 0.3) is 11.1 Å². The van der Waals surface area contributed by atoms with Crippen molar-refractivity contribution in [3.8, 4) is 34.1 Å². The Balaban J connectivity index is 1.37. The lowest BCUT2D eigenvalue weighted by Gasteiger charge is -2.40. The third kappa shape index (κ3) is 5.35. The van der Waals surface area contributed by atoms with Crippen LogP contribution in [-0.4, -0.2) is 8.07 Å². The Kier molecular flexibility index (Phi) is 6.94. The molecule has 7 aromatic rings. The molecule has 7 aromatic carbocycles. The number of rotatable bonds is 7. The van der Waals surface area contributed by atoms with Crippen LogP contribution < -0.4 is 30.2 Å². The summed E-state index contributed by atoms with van der Waals surface area (Å²) in [5, 5.41) is 3.91. The van der Waals surface area contributed by atoms with E-state index >= 15 is 0 Å². The fourth-order valence-corrected chi connectivity index (χ4v) is 14.2. The molecule has 0 saturated carbocycles. The zero-order valence-electron chi connectivity index (χ0n) is 39.8. The fourth-order valence-electron chi connectivity index (χ4n) is 9.29. The minimum absolute atomic E-state index is 0.0740. The summed E-state index contributed by atoms with van der Waals surface area (Å²) in [7, 11) is -3.49. The summed E-state index contributed by atoms with van der Waals surface area (Å²) >= 11 is 0. The summed E-state index contributed by atoms with van der Waals surface area (Å²) in [4.78, 5) is 0. The molecule has 0 radical (unpaired) electrons. The van der Waals surface area contributed by atoms with Crippen molar-refractivity contribution in [2.45, 2.75) is 72.0 Å². The zero-order chi connectivity index (χ0) is 44.9. The largest absolute Gasteiger partial charge is 0.457 e. The number of fused-ring (bicyclic) bond motifs is 4. The van der Waals surface area contributed by atoms with Crippen LogP contribution in [0.1, 0.15) is 90.1 Å². The molecule has 0 fully saturated rings. The first-order valence-corrected chi connectivity index (χ1v) is 21.3. The summed E-state index contributed by atoms with van der Waals surface area (Å²) < 4.78 is 76.9. The SMILES string of the molecule is [2H]C([2H])([2H])c1cc([Si](c2ccccc2)(c2ccccc2)c2cccc3c2Oc2ccccc2C3(C)C)ccc1-c1c(C([2H])([2H])C)ccc2c1Oc1cc(C([2H])([2H])C)ccc1C2(C)C. The summed E-state index contributed by atoms with van der Waals surface area (Å²) in [6, 6.07) is 50.0. The Morgan fingerprint density at radius 1 is 0.536 bits per heavy atom. The Hall–Kier alpha value is -5.64. The first-order valence-electron chi connectivity index (χ1n) is 22.8. The standard InChI is InChI=1S/C53H50O2Si/c1-8-36-27-31-43-47(34-36)55-51-45(53(43,6)7)32-28-37(9-2)49(51)41-30-29-40(33-35(41)3)56(38-19-12-10-13-20-38,39-21-14-11-15-22-39)48-26-18-24-44-50(48)54-46-25-17-16-23-42(46)52(44,4)5/h10-34H,8-9H2,1-7H3/i3D3,8D2,9D2. The van der Waals surface area contributed by atoms with Gasteiger partial charge in [-0.2, -0.15) is 0 Å². The number of hydrogen-bond acceptors (Lipinski definition) is 2. The highest BCUT2D eigenvalue weighted by molar-refractivity contribution is 7.20. The Labute approximate surface area is 343 Å². The van der Waals surface area contributed by atoms with Gasteiger partial charge in [0.25, 0.3) is 0 Å². The zero-order valence-corrected chi connectivity index (χ0v) is 33.8. The van der Waals surface area contributed by atoms with Gasteiger partial charge in [0, 0.05) is 48.2 Å². The average Bonchev–Trinajstić information content (AvgIpc) is 3.23. The molecule has 56 heavy (non-hydrogen) atoms. The highest BCUT2D eigenvalue weighted by Crippen LogP contribution is 2.53. The number of ether oxygens (including phenoxy) is 2. The number of para-hydroxylation sites is 2. The van der Waals surface area contributed by atoms with E-state index < -0.39 is 38.5 Å². The fraction of sp³-hybridized carbons (Fsp3) is 0.208. The summed E-state index contributed by atoms with van der Waals surface area (Å²) in [5.41, 5.74) is 4.23. The van der Waals surface area contributed by atoms with E-state index in [0.717, 1.165) is 54.5 Å². The van der Waals surface area contributed by atoms with Crippen LogP contribution in [0, 0.1) is 6.85 Å². The molecular weight excluding hydrogens is 697 g/mol. The lowest BCUT2D eigenvalue weighted by Crippen LogP contribution is -2.75. The van der Waals surface area contributed by atoms with E-state index in [1.54, 1.807) is 18.2 Å². The van der Waals surface area contributed by atoms with Crippen LogP contribution in [0.5, 0.6) is 23.0 Å². The highest BCUT2D eigenvalue weighted by atomic mass is 28.3. The van der Waals surface area contributed by atoms with Crippen LogP contribution in [0.15, 0.2) is 152 Å². The molecule has 0 amide bonds. The molecule has 278 valence electrons. The number of benzene rings is 7. The molecule has 0 unspecified atom stereocenters. The van der Waals surface area contributed by atoms with Gasteiger partial charge in [0.1, 0.15) is 23.0 Å². The number of hydrogen-bond donors (Lipinski definition) is 0. The number of aryl methyl sites for hydroxylation is 3. The van der Waals surface area contributed by atoms with Crippen molar-refractivity contribution in [1.29, 1.82) is 0 Å². The lowest BCUT2D eigenvalue weighted by atomic mass is 9.73. The average molecular weight is 754 g/mol. The highest BCUT2D eigenvalue weighted by Gasteiger charge is 2.47. The molecule has 2 aliphatic heterocycles. The second-order valence-corrected chi connectivity index (χ2v) is 19.7. The quantitative estimate of drug-likeness (QED) is 0.119. The van der Waals surface area contributed by atoms with E-state index in [1.807, 2.05) is 84.9 Å². The smallest absolute Gasteiger partial charge is 0.184 e. The molecule has 9 rings (SSSR count). The van der Waals surface area contributed by atoms with Gasteiger partial charge in [-0.1, -0.05) is 181 Å². The predicted octanol–water partition coefficient (Wildman–Crippen LogP) is 11.0. The van der Waals surface area contributed by atoms with E-state index in [2.05, 4.69) is 76.2 Å². The minimum atomic E-state index is -3.49. The molecule has 3 heteroatoms.